The molecule has 0 radical (unpaired) electrons. The Morgan fingerprint density at radius 3 is 2.59 bits per heavy atom. The molecule has 0 saturated carbocycles. The Labute approximate surface area is 101 Å². The summed E-state index contributed by atoms with van der Waals surface area (Å²) in [5, 5.41) is 0. The fourth-order valence-electron chi connectivity index (χ4n) is 2.24. The first-order chi connectivity index (χ1) is 8.22. The van der Waals surface area contributed by atoms with Crippen molar-refractivity contribution in [2.45, 2.75) is 19.3 Å². The summed E-state index contributed by atoms with van der Waals surface area (Å²) < 4.78 is 5.20. The summed E-state index contributed by atoms with van der Waals surface area (Å²) in [6.45, 7) is 1.96. The zero-order valence-corrected chi connectivity index (χ0v) is 10.1. The van der Waals surface area contributed by atoms with E-state index in [-0.39, 0.29) is 5.91 Å². The molecular weight excluding hydrogens is 216 g/mol. The number of carbonyl (C=O) groups excluding carboxylic acids is 1. The topological polar surface area (TPSA) is 55.6 Å². The highest BCUT2D eigenvalue weighted by atomic mass is 16.5. The molecule has 0 aromatic heterocycles. The Kier molecular flexibility index (Phi) is 3.52. The van der Waals surface area contributed by atoms with Gasteiger partial charge in [0, 0.05) is 19.2 Å². The van der Waals surface area contributed by atoms with Crippen molar-refractivity contribution >= 4 is 11.6 Å². The number of rotatable bonds is 3. The van der Waals surface area contributed by atoms with Crippen molar-refractivity contribution < 1.29 is 9.53 Å². The van der Waals surface area contributed by atoms with Crippen LogP contribution in [0, 0.1) is 0 Å². The van der Waals surface area contributed by atoms with Gasteiger partial charge >= 0.3 is 0 Å². The predicted octanol–water partition coefficient (Wildman–Crippen LogP) is 1.78. The maximum absolute atomic E-state index is 11.4. The molecule has 92 valence electrons. The summed E-state index contributed by atoms with van der Waals surface area (Å²) in [7, 11) is 1.62. The molecule has 1 heterocycles. The lowest BCUT2D eigenvalue weighted by atomic mass is 10.1. The number of amides is 1. The lowest BCUT2D eigenvalue weighted by Gasteiger charge is -2.30. The Morgan fingerprint density at radius 2 is 2.00 bits per heavy atom. The summed E-state index contributed by atoms with van der Waals surface area (Å²) in [6, 6.07) is 5.41. The molecular formula is C13H18N2O2. The minimum atomic E-state index is -0.381. The van der Waals surface area contributed by atoms with E-state index in [2.05, 4.69) is 4.90 Å². The first-order valence-corrected chi connectivity index (χ1v) is 5.95. The van der Waals surface area contributed by atoms with Crippen molar-refractivity contribution in [3.63, 3.8) is 0 Å². The van der Waals surface area contributed by atoms with Gasteiger partial charge in [-0.25, -0.2) is 0 Å². The number of hydrogen-bond acceptors (Lipinski definition) is 3. The predicted molar refractivity (Wildman–Crippen MR) is 67.6 cm³/mol. The molecule has 2 rings (SSSR count). The molecule has 4 heteroatoms. The van der Waals surface area contributed by atoms with E-state index in [1.807, 2.05) is 6.07 Å². The van der Waals surface area contributed by atoms with Crippen molar-refractivity contribution in [1.29, 1.82) is 0 Å². The molecule has 1 saturated heterocycles. The van der Waals surface area contributed by atoms with E-state index >= 15 is 0 Å². The third-order valence-electron chi connectivity index (χ3n) is 3.17. The Morgan fingerprint density at radius 1 is 1.29 bits per heavy atom. The number of benzene rings is 1. The Bertz CT molecular complexity index is 412. The molecule has 0 aliphatic carbocycles. The summed E-state index contributed by atoms with van der Waals surface area (Å²) >= 11 is 0. The molecule has 1 fully saturated rings. The minimum absolute atomic E-state index is 0.381. The van der Waals surface area contributed by atoms with Gasteiger partial charge in [-0.2, -0.15) is 0 Å². The van der Waals surface area contributed by atoms with Crippen LogP contribution in [-0.4, -0.2) is 26.1 Å². The van der Waals surface area contributed by atoms with E-state index in [0.29, 0.717) is 5.56 Å². The largest absolute Gasteiger partial charge is 0.497 e. The molecule has 1 aliphatic rings. The van der Waals surface area contributed by atoms with Crippen LogP contribution in [0.3, 0.4) is 0 Å². The maximum Gasteiger partial charge on any atom is 0.250 e. The number of hydrogen-bond donors (Lipinski definition) is 1. The van der Waals surface area contributed by atoms with Crippen molar-refractivity contribution in [2.24, 2.45) is 5.73 Å². The smallest absolute Gasteiger partial charge is 0.250 e. The van der Waals surface area contributed by atoms with Crippen LogP contribution in [0.2, 0.25) is 0 Å². The van der Waals surface area contributed by atoms with Crippen LogP contribution in [0.25, 0.3) is 0 Å². The second-order valence-corrected chi connectivity index (χ2v) is 4.30. The number of ether oxygens (including phenoxy) is 1. The monoisotopic (exact) mass is 234 g/mol. The molecule has 1 aromatic rings. The molecule has 1 amide bonds. The van der Waals surface area contributed by atoms with E-state index in [1.165, 1.54) is 6.42 Å². The number of nitrogens with zero attached hydrogens (tertiary/aromatic N) is 1. The fourth-order valence-corrected chi connectivity index (χ4v) is 2.24. The third-order valence-corrected chi connectivity index (χ3v) is 3.17. The summed E-state index contributed by atoms with van der Waals surface area (Å²) in [5.74, 6) is 0.379. The average molecular weight is 234 g/mol. The van der Waals surface area contributed by atoms with Gasteiger partial charge in [-0.3, -0.25) is 4.79 Å². The molecule has 17 heavy (non-hydrogen) atoms. The zero-order chi connectivity index (χ0) is 12.3. The quantitative estimate of drug-likeness (QED) is 0.867. The van der Waals surface area contributed by atoms with Crippen LogP contribution in [-0.2, 0) is 0 Å². The van der Waals surface area contributed by atoms with Crippen molar-refractivity contribution in [3.05, 3.63) is 23.8 Å². The molecule has 0 bridgehead atoms. The first kappa shape index (κ1) is 11.8. The van der Waals surface area contributed by atoms with Gasteiger partial charge in [-0.05, 0) is 31.4 Å². The summed E-state index contributed by atoms with van der Waals surface area (Å²) in [6.07, 6.45) is 3.58. The van der Waals surface area contributed by atoms with Crippen molar-refractivity contribution in [3.8, 4) is 5.75 Å². The van der Waals surface area contributed by atoms with Gasteiger partial charge in [0.2, 0.25) is 0 Å². The molecule has 0 spiro atoms. The van der Waals surface area contributed by atoms with E-state index in [0.717, 1.165) is 37.4 Å². The number of primary amides is 1. The molecule has 1 aliphatic heterocycles. The normalized spacial score (nSPS) is 15.7. The fraction of sp³-hybridized carbons (Fsp3) is 0.462. The van der Waals surface area contributed by atoms with Crippen LogP contribution < -0.4 is 15.4 Å². The van der Waals surface area contributed by atoms with Gasteiger partial charge < -0.3 is 15.4 Å². The van der Waals surface area contributed by atoms with Gasteiger partial charge in [0.05, 0.1) is 18.4 Å². The van der Waals surface area contributed by atoms with Gasteiger partial charge in [-0.1, -0.05) is 0 Å². The molecule has 1 aromatic carbocycles. The van der Waals surface area contributed by atoms with Crippen LogP contribution >= 0.6 is 0 Å². The molecule has 2 N–H and O–H groups in total. The molecule has 0 atom stereocenters. The van der Waals surface area contributed by atoms with Crippen LogP contribution in [0.4, 0.5) is 5.69 Å². The summed E-state index contributed by atoms with van der Waals surface area (Å²) in [5.41, 5.74) is 6.88. The minimum Gasteiger partial charge on any atom is -0.497 e. The van der Waals surface area contributed by atoms with Gasteiger partial charge in [0.1, 0.15) is 5.75 Å². The van der Waals surface area contributed by atoms with Crippen LogP contribution in [0.1, 0.15) is 29.6 Å². The van der Waals surface area contributed by atoms with E-state index in [4.69, 9.17) is 10.5 Å². The van der Waals surface area contributed by atoms with E-state index in [1.54, 1.807) is 19.2 Å². The number of anilines is 1. The lowest BCUT2D eigenvalue weighted by Crippen LogP contribution is -2.31. The second kappa shape index (κ2) is 5.08. The van der Waals surface area contributed by atoms with Gasteiger partial charge in [0.25, 0.3) is 5.91 Å². The molecule has 4 nitrogen and oxygen atoms in total. The number of carbonyl (C=O) groups is 1. The van der Waals surface area contributed by atoms with Crippen molar-refractivity contribution in [1.82, 2.24) is 0 Å². The highest BCUT2D eigenvalue weighted by Gasteiger charge is 2.17. The maximum atomic E-state index is 11.4. The third kappa shape index (κ3) is 2.52. The van der Waals surface area contributed by atoms with Gasteiger partial charge in [-0.15, -0.1) is 0 Å². The number of piperidine rings is 1. The lowest BCUT2D eigenvalue weighted by molar-refractivity contribution is 0.100. The van der Waals surface area contributed by atoms with Crippen molar-refractivity contribution in [2.75, 3.05) is 25.1 Å². The second-order valence-electron chi connectivity index (χ2n) is 4.30. The average Bonchev–Trinajstić information content (AvgIpc) is 2.39. The van der Waals surface area contributed by atoms with Crippen LogP contribution in [0.15, 0.2) is 18.2 Å². The highest BCUT2D eigenvalue weighted by molar-refractivity contribution is 5.99. The first-order valence-electron chi connectivity index (χ1n) is 5.95. The zero-order valence-electron chi connectivity index (χ0n) is 10.1. The summed E-state index contributed by atoms with van der Waals surface area (Å²) in [4.78, 5) is 13.6. The van der Waals surface area contributed by atoms with E-state index < -0.39 is 0 Å². The number of methoxy groups -OCH3 is 1. The van der Waals surface area contributed by atoms with E-state index in [9.17, 15) is 4.79 Å². The van der Waals surface area contributed by atoms with Crippen LogP contribution in [0.5, 0.6) is 5.75 Å². The Hall–Kier alpha value is -1.71. The highest BCUT2D eigenvalue weighted by Crippen LogP contribution is 2.28. The Balaban J connectivity index is 2.36. The number of nitrogens with two attached hydrogens (primary N) is 1. The van der Waals surface area contributed by atoms with Gasteiger partial charge in [0.15, 0.2) is 0 Å². The SMILES string of the molecule is COc1ccc(C(N)=O)c(N2CCCCC2)c1. The molecule has 0 unspecified atom stereocenters. The standard InChI is InChI=1S/C13H18N2O2/c1-17-10-5-6-11(13(14)16)12(9-10)15-7-3-2-4-8-15/h5-6,9H,2-4,7-8H2,1H3,(H2,14,16).